The van der Waals surface area contributed by atoms with Crippen molar-refractivity contribution in [2.75, 3.05) is 4.90 Å². The van der Waals surface area contributed by atoms with Crippen molar-refractivity contribution in [2.24, 2.45) is 0 Å². The smallest absolute Gasteiger partial charge is 0.260 e. The van der Waals surface area contributed by atoms with Crippen molar-refractivity contribution in [2.45, 2.75) is 26.5 Å². The number of fused-ring (bicyclic) bond motifs is 1. The van der Waals surface area contributed by atoms with Gasteiger partial charge in [-0.25, -0.2) is 4.98 Å². The fraction of sp³-hybridized carbons (Fsp3) is 0.174. The third kappa shape index (κ3) is 4.68. The van der Waals surface area contributed by atoms with E-state index < -0.39 is 0 Å². The predicted octanol–water partition coefficient (Wildman–Crippen LogP) is 6.09. The van der Waals surface area contributed by atoms with Crippen LogP contribution in [0.15, 0.2) is 71.3 Å². The monoisotopic (exact) mass is 481 g/mol. The van der Waals surface area contributed by atoms with E-state index in [9.17, 15) is 4.79 Å². The molecule has 0 atom stereocenters. The number of rotatable bonds is 6. The Morgan fingerprint density at radius 3 is 2.63 bits per heavy atom. The number of benzene rings is 2. The first-order valence-corrected chi connectivity index (χ1v) is 11.1. The van der Waals surface area contributed by atoms with Crippen LogP contribution in [0.4, 0.5) is 5.13 Å². The van der Waals surface area contributed by atoms with Crippen LogP contribution in [0, 0.1) is 0 Å². The lowest BCUT2D eigenvalue weighted by Crippen LogP contribution is -2.30. The first kappa shape index (κ1) is 20.5. The molecule has 7 heteroatoms. The van der Waals surface area contributed by atoms with E-state index in [1.165, 1.54) is 11.3 Å². The van der Waals surface area contributed by atoms with Gasteiger partial charge < -0.3 is 4.74 Å². The molecule has 4 rings (SSSR count). The molecule has 0 unspecified atom stereocenters. The van der Waals surface area contributed by atoms with Gasteiger partial charge in [0.05, 0.1) is 28.6 Å². The average Bonchev–Trinajstić information content (AvgIpc) is 3.15. The summed E-state index contributed by atoms with van der Waals surface area (Å²) < 4.78 is 7.68. The third-order valence-corrected chi connectivity index (χ3v) is 5.87. The van der Waals surface area contributed by atoms with E-state index in [1.54, 1.807) is 23.2 Å². The first-order valence-electron chi connectivity index (χ1n) is 9.54. The lowest BCUT2D eigenvalue weighted by Gasteiger charge is -2.20. The molecule has 5 nitrogen and oxygen atoms in total. The number of hydrogen-bond donors (Lipinski definition) is 0. The Hall–Kier alpha value is -2.77. The van der Waals surface area contributed by atoms with Crippen LogP contribution in [-0.4, -0.2) is 22.0 Å². The standard InChI is InChI=1S/C23H20BrN3O2S/c1-15(2)29-19-9-6-16(7-10-19)22(28)27(14-18-5-3-4-12-25-18)23-26-20-11-8-17(24)13-21(20)30-23/h3-13,15H,14H2,1-2H3. The van der Waals surface area contributed by atoms with E-state index in [2.05, 4.69) is 20.9 Å². The van der Waals surface area contributed by atoms with Gasteiger partial charge in [-0.3, -0.25) is 14.7 Å². The number of carbonyl (C=O) groups is 1. The van der Waals surface area contributed by atoms with Crippen molar-refractivity contribution in [3.8, 4) is 5.75 Å². The van der Waals surface area contributed by atoms with Gasteiger partial charge in [0, 0.05) is 16.2 Å². The number of thiazole rings is 1. The zero-order chi connectivity index (χ0) is 21.1. The highest BCUT2D eigenvalue weighted by atomic mass is 79.9. The number of pyridine rings is 1. The number of anilines is 1. The Labute approximate surface area is 187 Å². The van der Waals surface area contributed by atoms with Gasteiger partial charge in [-0.05, 0) is 68.4 Å². The highest BCUT2D eigenvalue weighted by molar-refractivity contribution is 9.10. The molecule has 0 radical (unpaired) electrons. The molecule has 0 aliphatic rings. The normalized spacial score (nSPS) is 11.1. The number of aromatic nitrogens is 2. The van der Waals surface area contributed by atoms with Crippen LogP contribution in [0.25, 0.3) is 10.2 Å². The molecule has 2 heterocycles. The summed E-state index contributed by atoms with van der Waals surface area (Å²) in [6.07, 6.45) is 1.81. The van der Waals surface area contributed by atoms with Crippen molar-refractivity contribution in [1.29, 1.82) is 0 Å². The van der Waals surface area contributed by atoms with E-state index >= 15 is 0 Å². The Bertz CT molecular complexity index is 1160. The number of hydrogen-bond acceptors (Lipinski definition) is 5. The molecule has 2 aromatic carbocycles. The zero-order valence-electron chi connectivity index (χ0n) is 16.6. The minimum absolute atomic E-state index is 0.0780. The van der Waals surface area contributed by atoms with E-state index in [4.69, 9.17) is 9.72 Å². The second kappa shape index (κ2) is 8.93. The van der Waals surface area contributed by atoms with Gasteiger partial charge in [-0.2, -0.15) is 0 Å². The molecule has 152 valence electrons. The second-order valence-electron chi connectivity index (χ2n) is 7.01. The molecule has 0 aliphatic heterocycles. The van der Waals surface area contributed by atoms with Gasteiger partial charge >= 0.3 is 0 Å². The first-order chi connectivity index (χ1) is 14.5. The van der Waals surface area contributed by atoms with E-state index in [0.29, 0.717) is 17.2 Å². The maximum absolute atomic E-state index is 13.4. The van der Waals surface area contributed by atoms with Crippen molar-refractivity contribution >= 4 is 48.5 Å². The van der Waals surface area contributed by atoms with Crippen LogP contribution in [0.5, 0.6) is 5.75 Å². The van der Waals surface area contributed by atoms with Crippen LogP contribution < -0.4 is 9.64 Å². The van der Waals surface area contributed by atoms with E-state index in [-0.39, 0.29) is 12.0 Å². The van der Waals surface area contributed by atoms with Gasteiger partial charge in [0.2, 0.25) is 0 Å². The summed E-state index contributed by atoms with van der Waals surface area (Å²) in [7, 11) is 0. The Morgan fingerprint density at radius 2 is 1.93 bits per heavy atom. The second-order valence-corrected chi connectivity index (χ2v) is 8.94. The van der Waals surface area contributed by atoms with Crippen molar-refractivity contribution < 1.29 is 9.53 Å². The summed E-state index contributed by atoms with van der Waals surface area (Å²) in [5.41, 5.74) is 2.23. The minimum Gasteiger partial charge on any atom is -0.491 e. The Morgan fingerprint density at radius 1 is 1.13 bits per heavy atom. The zero-order valence-corrected chi connectivity index (χ0v) is 19.0. The van der Waals surface area contributed by atoms with E-state index in [0.717, 1.165) is 26.1 Å². The highest BCUT2D eigenvalue weighted by Crippen LogP contribution is 2.32. The van der Waals surface area contributed by atoms with Crippen LogP contribution >= 0.6 is 27.3 Å². The summed E-state index contributed by atoms with van der Waals surface area (Å²) in [6.45, 7) is 4.28. The number of carbonyl (C=O) groups excluding carboxylic acids is 1. The SMILES string of the molecule is CC(C)Oc1ccc(C(=O)N(Cc2ccccn2)c2nc3ccc(Br)cc3s2)cc1. The average molecular weight is 482 g/mol. The molecular weight excluding hydrogens is 462 g/mol. The number of halogens is 1. The lowest BCUT2D eigenvalue weighted by molar-refractivity contribution is 0.0985. The highest BCUT2D eigenvalue weighted by Gasteiger charge is 2.22. The predicted molar refractivity (Wildman–Crippen MR) is 124 cm³/mol. The summed E-state index contributed by atoms with van der Waals surface area (Å²) in [5, 5.41) is 0.640. The maximum atomic E-state index is 13.4. The summed E-state index contributed by atoms with van der Waals surface area (Å²) in [4.78, 5) is 24.2. The van der Waals surface area contributed by atoms with Gasteiger partial charge in [-0.15, -0.1) is 0 Å². The topological polar surface area (TPSA) is 55.3 Å². The molecule has 0 fully saturated rings. The third-order valence-electron chi connectivity index (χ3n) is 4.33. The van der Waals surface area contributed by atoms with Crippen molar-refractivity contribution in [3.05, 3.63) is 82.6 Å². The van der Waals surface area contributed by atoms with Crippen molar-refractivity contribution in [3.63, 3.8) is 0 Å². The lowest BCUT2D eigenvalue weighted by atomic mass is 10.2. The largest absolute Gasteiger partial charge is 0.491 e. The van der Waals surface area contributed by atoms with Gasteiger partial charge in [0.15, 0.2) is 5.13 Å². The molecule has 1 amide bonds. The van der Waals surface area contributed by atoms with Crippen LogP contribution in [0.1, 0.15) is 29.9 Å². The van der Waals surface area contributed by atoms with Crippen molar-refractivity contribution in [1.82, 2.24) is 9.97 Å². The van der Waals surface area contributed by atoms with Gasteiger partial charge in [0.1, 0.15) is 5.75 Å². The fourth-order valence-electron chi connectivity index (χ4n) is 2.99. The molecule has 2 aromatic heterocycles. The maximum Gasteiger partial charge on any atom is 0.260 e. The molecule has 4 aromatic rings. The summed E-state index contributed by atoms with van der Waals surface area (Å²) >= 11 is 4.98. The van der Waals surface area contributed by atoms with Crippen LogP contribution in [-0.2, 0) is 6.54 Å². The van der Waals surface area contributed by atoms with Gasteiger partial charge in [0.25, 0.3) is 5.91 Å². The number of ether oxygens (including phenoxy) is 1. The summed E-state index contributed by atoms with van der Waals surface area (Å²) in [6, 6.07) is 18.8. The Balaban J connectivity index is 1.69. The molecule has 0 saturated carbocycles. The Kier molecular flexibility index (Phi) is 6.11. The van der Waals surface area contributed by atoms with E-state index in [1.807, 2.05) is 62.4 Å². The summed E-state index contributed by atoms with van der Waals surface area (Å²) in [5.74, 6) is 0.609. The fourth-order valence-corrected chi connectivity index (χ4v) is 4.50. The quantitative estimate of drug-likeness (QED) is 0.334. The minimum atomic E-state index is -0.130. The molecule has 0 aliphatic carbocycles. The molecule has 0 spiro atoms. The molecular formula is C23H20BrN3O2S. The number of amides is 1. The molecule has 30 heavy (non-hydrogen) atoms. The molecule has 0 saturated heterocycles. The molecule has 0 N–H and O–H groups in total. The van der Waals surface area contributed by atoms with Crippen LogP contribution in [0.2, 0.25) is 0 Å². The number of nitrogens with zero attached hydrogens (tertiary/aromatic N) is 3. The molecule has 0 bridgehead atoms. The van der Waals surface area contributed by atoms with Gasteiger partial charge in [-0.1, -0.05) is 33.3 Å². The van der Waals surface area contributed by atoms with Crippen LogP contribution in [0.3, 0.4) is 0 Å².